The molecule has 0 spiro atoms. The monoisotopic (exact) mass is 385 g/mol. The van der Waals surface area contributed by atoms with Crippen LogP contribution in [0.1, 0.15) is 36.2 Å². The molecule has 2 amide bonds. The molecule has 0 atom stereocenters. The van der Waals surface area contributed by atoms with Crippen LogP contribution in [0.4, 0.5) is 0 Å². The van der Waals surface area contributed by atoms with Gasteiger partial charge in [-0.1, -0.05) is 42.5 Å². The summed E-state index contributed by atoms with van der Waals surface area (Å²) >= 11 is 5.06. The Morgan fingerprint density at radius 2 is 1.67 bits per heavy atom. The minimum Gasteiger partial charge on any atom is -0.490 e. The average molecular weight is 385 g/mol. The van der Waals surface area contributed by atoms with Crippen molar-refractivity contribution in [2.24, 2.45) is 0 Å². The number of rotatable bonds is 6. The summed E-state index contributed by atoms with van der Waals surface area (Å²) in [5.41, 5.74) is 6.46. The average Bonchev–Trinajstić information content (AvgIpc) is 2.65. The highest BCUT2D eigenvalue weighted by Gasteiger charge is 2.14. The standard InChI is InChI=1S/C20H23N3O3S/c1-14(2)26-17-11-7-6-10-16(17)19(25)21-20(27)23-22-18(24)13-12-15-8-4-3-5-9-15/h3-11,14H,12-13H2,1-2H3,(H,22,24)(H2,21,23,25,27). The molecule has 0 fully saturated rings. The van der Waals surface area contributed by atoms with Gasteiger partial charge in [0.1, 0.15) is 5.75 Å². The van der Waals surface area contributed by atoms with Gasteiger partial charge in [0.15, 0.2) is 5.11 Å². The van der Waals surface area contributed by atoms with Crippen LogP contribution in [0.2, 0.25) is 0 Å². The Hall–Kier alpha value is -2.93. The van der Waals surface area contributed by atoms with Gasteiger partial charge in [0.2, 0.25) is 5.91 Å². The van der Waals surface area contributed by atoms with Crippen LogP contribution in [0.25, 0.3) is 0 Å². The van der Waals surface area contributed by atoms with Gasteiger partial charge < -0.3 is 4.74 Å². The first-order valence-electron chi connectivity index (χ1n) is 8.65. The highest BCUT2D eigenvalue weighted by Crippen LogP contribution is 2.19. The second-order valence-electron chi connectivity index (χ2n) is 6.10. The predicted molar refractivity (Wildman–Crippen MR) is 108 cm³/mol. The normalized spacial score (nSPS) is 10.2. The molecule has 0 aliphatic carbocycles. The van der Waals surface area contributed by atoms with Crippen LogP contribution < -0.4 is 20.9 Å². The zero-order valence-corrected chi connectivity index (χ0v) is 16.1. The van der Waals surface area contributed by atoms with Crippen LogP contribution >= 0.6 is 12.2 Å². The molecule has 2 aromatic carbocycles. The van der Waals surface area contributed by atoms with Gasteiger partial charge in [0.25, 0.3) is 5.91 Å². The minimum absolute atomic E-state index is 0.00686. The van der Waals surface area contributed by atoms with E-state index in [9.17, 15) is 9.59 Å². The van der Waals surface area contributed by atoms with E-state index in [2.05, 4.69) is 16.2 Å². The van der Waals surface area contributed by atoms with Crippen molar-refractivity contribution in [3.63, 3.8) is 0 Å². The molecule has 0 radical (unpaired) electrons. The quantitative estimate of drug-likeness (QED) is 0.526. The van der Waals surface area contributed by atoms with Crippen LogP contribution in [0, 0.1) is 0 Å². The van der Waals surface area contributed by atoms with Gasteiger partial charge in [-0.2, -0.15) is 0 Å². The summed E-state index contributed by atoms with van der Waals surface area (Å²) < 4.78 is 5.63. The molecule has 2 rings (SSSR count). The van der Waals surface area contributed by atoms with Gasteiger partial charge in [-0.25, -0.2) is 0 Å². The number of ether oxygens (including phenoxy) is 1. The van der Waals surface area contributed by atoms with Gasteiger partial charge >= 0.3 is 0 Å². The Morgan fingerprint density at radius 1 is 1.00 bits per heavy atom. The van der Waals surface area contributed by atoms with E-state index in [1.807, 2.05) is 44.2 Å². The summed E-state index contributed by atoms with van der Waals surface area (Å²) in [6.45, 7) is 3.76. The Balaban J connectivity index is 1.80. The van der Waals surface area contributed by atoms with E-state index in [1.165, 1.54) is 0 Å². The molecule has 0 heterocycles. The first kappa shape index (κ1) is 20.4. The Morgan fingerprint density at radius 3 is 2.37 bits per heavy atom. The van der Waals surface area contributed by atoms with E-state index in [1.54, 1.807) is 24.3 Å². The highest BCUT2D eigenvalue weighted by atomic mass is 32.1. The molecular weight excluding hydrogens is 362 g/mol. The highest BCUT2D eigenvalue weighted by molar-refractivity contribution is 7.80. The van der Waals surface area contributed by atoms with E-state index in [0.717, 1.165) is 5.56 Å². The summed E-state index contributed by atoms with van der Waals surface area (Å²) in [5.74, 6) is -0.166. The molecule has 2 aromatic rings. The van der Waals surface area contributed by atoms with E-state index < -0.39 is 5.91 Å². The fourth-order valence-corrected chi connectivity index (χ4v) is 2.45. The van der Waals surface area contributed by atoms with Crippen LogP contribution in [-0.4, -0.2) is 23.0 Å². The number of amides is 2. The fraction of sp³-hybridized carbons (Fsp3) is 0.250. The van der Waals surface area contributed by atoms with E-state index in [-0.39, 0.29) is 17.1 Å². The van der Waals surface area contributed by atoms with Crippen molar-refractivity contribution in [1.29, 1.82) is 0 Å². The summed E-state index contributed by atoms with van der Waals surface area (Å²) in [7, 11) is 0. The molecule has 27 heavy (non-hydrogen) atoms. The van der Waals surface area contributed by atoms with E-state index in [0.29, 0.717) is 24.2 Å². The van der Waals surface area contributed by atoms with Gasteiger partial charge in [-0.05, 0) is 50.2 Å². The summed E-state index contributed by atoms with van der Waals surface area (Å²) in [6, 6.07) is 16.6. The van der Waals surface area contributed by atoms with Gasteiger partial charge in [-0.3, -0.25) is 25.8 Å². The maximum absolute atomic E-state index is 12.4. The van der Waals surface area contributed by atoms with Crippen molar-refractivity contribution in [1.82, 2.24) is 16.2 Å². The summed E-state index contributed by atoms with van der Waals surface area (Å²) in [4.78, 5) is 24.3. The molecule has 0 aliphatic rings. The molecule has 0 aromatic heterocycles. The first-order valence-corrected chi connectivity index (χ1v) is 9.06. The molecule has 3 N–H and O–H groups in total. The molecule has 7 heteroatoms. The number of carbonyl (C=O) groups is 2. The maximum atomic E-state index is 12.4. The smallest absolute Gasteiger partial charge is 0.261 e. The summed E-state index contributed by atoms with van der Waals surface area (Å²) in [6.07, 6.45) is 0.861. The number of hydrazine groups is 1. The first-order chi connectivity index (χ1) is 13.0. The zero-order chi connectivity index (χ0) is 19.6. The Kier molecular flexibility index (Phi) is 7.76. The number of carbonyl (C=O) groups excluding carboxylic acids is 2. The molecule has 142 valence electrons. The van der Waals surface area contributed by atoms with Crippen molar-refractivity contribution in [2.75, 3.05) is 0 Å². The summed E-state index contributed by atoms with van der Waals surface area (Å²) in [5, 5.41) is 2.53. The van der Waals surface area contributed by atoms with Crippen molar-refractivity contribution in [2.45, 2.75) is 32.8 Å². The topological polar surface area (TPSA) is 79.5 Å². The lowest BCUT2D eigenvalue weighted by Gasteiger charge is -2.15. The van der Waals surface area contributed by atoms with E-state index >= 15 is 0 Å². The lowest BCUT2D eigenvalue weighted by molar-refractivity contribution is -0.121. The number of benzene rings is 2. The van der Waals surface area contributed by atoms with Gasteiger partial charge in [-0.15, -0.1) is 0 Å². The SMILES string of the molecule is CC(C)Oc1ccccc1C(=O)NC(=S)NNC(=O)CCc1ccccc1. The predicted octanol–water partition coefficient (Wildman–Crippen LogP) is 2.74. The molecule has 0 saturated carbocycles. The third-order valence-corrected chi connectivity index (χ3v) is 3.72. The molecule has 6 nitrogen and oxygen atoms in total. The van der Waals surface area contributed by atoms with Crippen molar-refractivity contribution in [3.05, 3.63) is 65.7 Å². The number of para-hydroxylation sites is 1. The second kappa shape index (κ2) is 10.3. The maximum Gasteiger partial charge on any atom is 0.261 e. The number of hydrogen-bond acceptors (Lipinski definition) is 4. The van der Waals surface area contributed by atoms with Gasteiger partial charge in [0, 0.05) is 6.42 Å². The third-order valence-electron chi connectivity index (χ3n) is 3.52. The number of aryl methyl sites for hydroxylation is 1. The zero-order valence-electron chi connectivity index (χ0n) is 15.3. The van der Waals surface area contributed by atoms with Gasteiger partial charge in [0.05, 0.1) is 11.7 Å². The van der Waals surface area contributed by atoms with Crippen molar-refractivity contribution < 1.29 is 14.3 Å². The van der Waals surface area contributed by atoms with E-state index in [4.69, 9.17) is 17.0 Å². The third kappa shape index (κ3) is 7.07. The van der Waals surface area contributed by atoms with Crippen LogP contribution in [-0.2, 0) is 11.2 Å². The largest absolute Gasteiger partial charge is 0.490 e. The van der Waals surface area contributed by atoms with Crippen molar-refractivity contribution >= 4 is 29.1 Å². The second-order valence-corrected chi connectivity index (χ2v) is 6.51. The van der Waals surface area contributed by atoms with Crippen LogP contribution in [0.15, 0.2) is 54.6 Å². The number of nitrogens with one attached hydrogen (secondary N) is 3. The molecule has 0 bridgehead atoms. The van der Waals surface area contributed by atoms with Crippen molar-refractivity contribution in [3.8, 4) is 5.75 Å². The van der Waals surface area contributed by atoms with Crippen LogP contribution in [0.5, 0.6) is 5.75 Å². The Bertz CT molecular complexity index is 794. The lowest BCUT2D eigenvalue weighted by Crippen LogP contribution is -2.48. The minimum atomic E-state index is -0.415. The van der Waals surface area contributed by atoms with Crippen LogP contribution in [0.3, 0.4) is 0 Å². The molecular formula is C20H23N3O3S. The Labute approximate surface area is 164 Å². The fourth-order valence-electron chi connectivity index (χ4n) is 2.30. The lowest BCUT2D eigenvalue weighted by atomic mass is 10.1. The number of thiocarbonyl (C=S) groups is 1. The molecule has 0 unspecified atom stereocenters. The molecule has 0 aliphatic heterocycles. The molecule has 0 saturated heterocycles. The number of hydrogen-bond donors (Lipinski definition) is 3.